The average Bonchev–Trinajstić information content (AvgIpc) is 2.53. The Bertz CT molecular complexity index is 410. The Balaban J connectivity index is 1.69. The van der Waals surface area contributed by atoms with Gasteiger partial charge in [0, 0.05) is 0 Å². The highest BCUT2D eigenvalue weighted by molar-refractivity contribution is 5.34. The second kappa shape index (κ2) is 9.25. The van der Waals surface area contributed by atoms with Crippen LogP contribution in [0.5, 0.6) is 0 Å². The zero-order chi connectivity index (χ0) is 14.9. The van der Waals surface area contributed by atoms with Gasteiger partial charge in [0.1, 0.15) is 0 Å². The zero-order valence-corrected chi connectivity index (χ0v) is 13.7. The van der Waals surface area contributed by atoms with Gasteiger partial charge in [0.25, 0.3) is 0 Å². The highest BCUT2D eigenvalue weighted by Crippen LogP contribution is 2.27. The fourth-order valence-electron chi connectivity index (χ4n) is 3.42. The molecule has 0 saturated carbocycles. The number of aliphatic hydroxyl groups is 1. The van der Waals surface area contributed by atoms with Gasteiger partial charge in [-0.1, -0.05) is 70.1 Å². The highest BCUT2D eigenvalue weighted by atomic mass is 16.3. The van der Waals surface area contributed by atoms with Crippen molar-refractivity contribution in [2.45, 2.75) is 90.1 Å². The third-order valence-electron chi connectivity index (χ3n) is 4.84. The first kappa shape index (κ1) is 16.5. The lowest BCUT2D eigenvalue weighted by Gasteiger charge is -2.18. The molecule has 1 aromatic carbocycles. The molecule has 118 valence electrons. The summed E-state index contributed by atoms with van der Waals surface area (Å²) in [4.78, 5) is 0. The largest absolute Gasteiger partial charge is 0.388 e. The number of hydrogen-bond acceptors (Lipinski definition) is 1. The van der Waals surface area contributed by atoms with Gasteiger partial charge >= 0.3 is 0 Å². The molecule has 2 rings (SSSR count). The van der Waals surface area contributed by atoms with E-state index in [0.717, 1.165) is 18.4 Å². The molecule has 0 spiro atoms. The number of rotatable bonds is 9. The first-order chi connectivity index (χ1) is 10.3. The molecule has 1 N–H and O–H groups in total. The summed E-state index contributed by atoms with van der Waals surface area (Å²) in [6.45, 7) is 2.26. The van der Waals surface area contributed by atoms with Crippen LogP contribution in [0.3, 0.4) is 0 Å². The van der Waals surface area contributed by atoms with Crippen LogP contribution in [-0.2, 0) is 12.8 Å². The van der Waals surface area contributed by atoms with Crippen LogP contribution in [-0.4, -0.2) is 5.11 Å². The van der Waals surface area contributed by atoms with Crippen molar-refractivity contribution in [1.29, 1.82) is 0 Å². The van der Waals surface area contributed by atoms with E-state index in [2.05, 4.69) is 25.1 Å². The molecule has 1 nitrogen and oxygen atoms in total. The first-order valence-electron chi connectivity index (χ1n) is 9.11. The molecule has 0 bridgehead atoms. The molecule has 0 aliphatic heterocycles. The van der Waals surface area contributed by atoms with E-state index in [1.54, 1.807) is 0 Å². The molecule has 0 amide bonds. The summed E-state index contributed by atoms with van der Waals surface area (Å²) < 4.78 is 0. The van der Waals surface area contributed by atoms with Crippen molar-refractivity contribution in [3.05, 3.63) is 34.9 Å². The fraction of sp³-hybridized carbons (Fsp3) is 0.700. The molecule has 0 saturated heterocycles. The number of aliphatic hydroxyl groups excluding tert-OH is 1. The summed E-state index contributed by atoms with van der Waals surface area (Å²) in [5.74, 6) is 0. The van der Waals surface area contributed by atoms with Crippen molar-refractivity contribution < 1.29 is 5.11 Å². The molecule has 1 aromatic rings. The van der Waals surface area contributed by atoms with Crippen LogP contribution in [0.1, 0.15) is 93.9 Å². The number of aryl methyl sites for hydroxylation is 2. The third kappa shape index (κ3) is 5.47. The van der Waals surface area contributed by atoms with Crippen molar-refractivity contribution >= 4 is 0 Å². The summed E-state index contributed by atoms with van der Waals surface area (Å²) in [5.41, 5.74) is 4.13. The molecule has 1 unspecified atom stereocenters. The van der Waals surface area contributed by atoms with Crippen molar-refractivity contribution in [3.63, 3.8) is 0 Å². The number of unbranched alkanes of at least 4 members (excludes halogenated alkanes) is 6. The highest BCUT2D eigenvalue weighted by Gasteiger charge is 2.13. The lowest BCUT2D eigenvalue weighted by molar-refractivity contribution is 0.163. The van der Waals surface area contributed by atoms with Crippen LogP contribution < -0.4 is 0 Å². The minimum absolute atomic E-state index is 0.257. The van der Waals surface area contributed by atoms with Crippen LogP contribution in [0.2, 0.25) is 0 Å². The lowest BCUT2D eigenvalue weighted by atomic mass is 9.89. The maximum atomic E-state index is 10.4. The van der Waals surface area contributed by atoms with Crippen molar-refractivity contribution in [3.8, 4) is 0 Å². The molecule has 21 heavy (non-hydrogen) atoms. The Kier molecular flexibility index (Phi) is 7.29. The van der Waals surface area contributed by atoms with Gasteiger partial charge in [-0.05, 0) is 48.8 Å². The van der Waals surface area contributed by atoms with Gasteiger partial charge in [0.2, 0.25) is 0 Å². The number of fused-ring (bicyclic) bond motifs is 1. The van der Waals surface area contributed by atoms with E-state index in [9.17, 15) is 5.11 Å². The molecule has 1 heteroatoms. The van der Waals surface area contributed by atoms with Crippen LogP contribution in [0, 0.1) is 0 Å². The second-order valence-electron chi connectivity index (χ2n) is 6.66. The molecule has 0 aromatic heterocycles. The smallest absolute Gasteiger partial charge is 0.0790 e. The summed E-state index contributed by atoms with van der Waals surface area (Å²) in [5, 5.41) is 10.4. The second-order valence-corrected chi connectivity index (χ2v) is 6.66. The Labute approximate surface area is 130 Å². The Hall–Kier alpha value is -0.820. The van der Waals surface area contributed by atoms with Crippen molar-refractivity contribution in [2.24, 2.45) is 0 Å². The normalized spacial score (nSPS) is 15.7. The van der Waals surface area contributed by atoms with Crippen LogP contribution in [0.15, 0.2) is 18.2 Å². The fourth-order valence-corrected chi connectivity index (χ4v) is 3.42. The SMILES string of the molecule is CCCCCCCCCC(O)c1ccc2c(c1)CCCC2. The van der Waals surface area contributed by atoms with Crippen molar-refractivity contribution in [1.82, 2.24) is 0 Å². The van der Waals surface area contributed by atoms with Gasteiger partial charge in [-0.2, -0.15) is 0 Å². The minimum Gasteiger partial charge on any atom is -0.388 e. The number of hydrogen-bond donors (Lipinski definition) is 1. The quantitative estimate of drug-likeness (QED) is 0.574. The molecule has 1 aliphatic rings. The van der Waals surface area contributed by atoms with E-state index in [1.165, 1.54) is 75.3 Å². The third-order valence-corrected chi connectivity index (χ3v) is 4.84. The molecule has 0 radical (unpaired) electrons. The van der Waals surface area contributed by atoms with Crippen LogP contribution >= 0.6 is 0 Å². The standard InChI is InChI=1S/C20H32O/c1-2-3-4-5-6-7-8-13-20(21)19-15-14-17-11-9-10-12-18(17)16-19/h14-16,20-21H,2-13H2,1H3. The maximum Gasteiger partial charge on any atom is 0.0790 e. The van der Waals surface area contributed by atoms with Gasteiger partial charge in [-0.15, -0.1) is 0 Å². The molecular weight excluding hydrogens is 256 g/mol. The van der Waals surface area contributed by atoms with Crippen LogP contribution in [0.25, 0.3) is 0 Å². The summed E-state index contributed by atoms with van der Waals surface area (Å²) >= 11 is 0. The first-order valence-corrected chi connectivity index (χ1v) is 9.11. The molecule has 0 heterocycles. The summed E-state index contributed by atoms with van der Waals surface area (Å²) in [6.07, 6.45) is 14.9. The molecule has 1 atom stereocenters. The zero-order valence-electron chi connectivity index (χ0n) is 13.7. The number of benzene rings is 1. The monoisotopic (exact) mass is 288 g/mol. The van der Waals surface area contributed by atoms with E-state index < -0.39 is 0 Å². The van der Waals surface area contributed by atoms with Gasteiger partial charge in [0.15, 0.2) is 0 Å². The molecule has 1 aliphatic carbocycles. The van der Waals surface area contributed by atoms with E-state index in [-0.39, 0.29) is 6.10 Å². The Morgan fingerprint density at radius 3 is 2.33 bits per heavy atom. The lowest BCUT2D eigenvalue weighted by Crippen LogP contribution is -2.05. The van der Waals surface area contributed by atoms with Crippen LogP contribution in [0.4, 0.5) is 0 Å². The van der Waals surface area contributed by atoms with E-state index in [4.69, 9.17) is 0 Å². The van der Waals surface area contributed by atoms with Crippen molar-refractivity contribution in [2.75, 3.05) is 0 Å². The Morgan fingerprint density at radius 2 is 1.57 bits per heavy atom. The summed E-state index contributed by atoms with van der Waals surface area (Å²) in [6, 6.07) is 6.66. The van der Waals surface area contributed by atoms with E-state index in [1.807, 2.05) is 0 Å². The van der Waals surface area contributed by atoms with Gasteiger partial charge < -0.3 is 5.11 Å². The summed E-state index contributed by atoms with van der Waals surface area (Å²) in [7, 11) is 0. The maximum absolute atomic E-state index is 10.4. The Morgan fingerprint density at radius 1 is 0.905 bits per heavy atom. The van der Waals surface area contributed by atoms with Gasteiger partial charge in [0.05, 0.1) is 6.10 Å². The van der Waals surface area contributed by atoms with E-state index >= 15 is 0 Å². The molecule has 0 fully saturated rings. The topological polar surface area (TPSA) is 20.2 Å². The molecular formula is C20H32O. The average molecular weight is 288 g/mol. The van der Waals surface area contributed by atoms with Gasteiger partial charge in [-0.3, -0.25) is 0 Å². The van der Waals surface area contributed by atoms with E-state index in [0.29, 0.717) is 0 Å². The predicted molar refractivity (Wildman–Crippen MR) is 90.7 cm³/mol. The van der Waals surface area contributed by atoms with Gasteiger partial charge in [-0.25, -0.2) is 0 Å². The minimum atomic E-state index is -0.257. The predicted octanol–water partition coefficient (Wildman–Crippen LogP) is 5.74.